The molecular formula is C20H17ClN2O5S. The molecule has 3 aromatic rings. The van der Waals surface area contributed by atoms with E-state index in [0.717, 1.165) is 16.5 Å². The average Bonchev–Trinajstić information content (AvgIpc) is 3.11. The second kappa shape index (κ2) is 10.5. The Labute approximate surface area is 175 Å². The molecule has 7 nitrogen and oxygen atoms in total. The molecule has 0 aliphatic carbocycles. The first-order chi connectivity index (χ1) is 13.9. The number of aliphatic hydroxyl groups is 1. The van der Waals surface area contributed by atoms with Crippen LogP contribution in [-0.4, -0.2) is 28.8 Å². The topological polar surface area (TPSA) is 110 Å². The summed E-state index contributed by atoms with van der Waals surface area (Å²) in [6, 6.07) is 14.7. The summed E-state index contributed by atoms with van der Waals surface area (Å²) < 4.78 is 0. The second-order valence-corrected chi connectivity index (χ2v) is 7.03. The molecule has 150 valence electrons. The minimum absolute atomic E-state index is 0.0378. The molecule has 1 aromatic heterocycles. The summed E-state index contributed by atoms with van der Waals surface area (Å²) in [4.78, 5) is 34.8. The molecule has 0 saturated heterocycles. The van der Waals surface area contributed by atoms with Gasteiger partial charge in [0.25, 0.3) is 11.6 Å². The largest absolute Gasteiger partial charge is 0.397 e. The number of aldehydes is 1. The molecule has 0 aliphatic rings. The standard InChI is InChI=1S/C18H11ClN2O4S.C2H6O/c19-15-9-13(21(24)25)6-7-14(15)17(23)20-18-12(10-22)8-16(26-18)11-4-2-1-3-5-11;1-2-3/h1-10H,(H,20,23);3H,2H2,1H3. The van der Waals surface area contributed by atoms with E-state index in [0.29, 0.717) is 16.9 Å². The Kier molecular flexibility index (Phi) is 8.02. The Morgan fingerprint density at radius 1 is 1.24 bits per heavy atom. The van der Waals surface area contributed by atoms with Gasteiger partial charge in [0.15, 0.2) is 6.29 Å². The molecule has 0 spiro atoms. The first-order valence-corrected chi connectivity index (χ1v) is 9.61. The van der Waals surface area contributed by atoms with Crippen LogP contribution in [0.15, 0.2) is 54.6 Å². The van der Waals surface area contributed by atoms with Gasteiger partial charge in [0.1, 0.15) is 5.00 Å². The van der Waals surface area contributed by atoms with Crippen molar-refractivity contribution < 1.29 is 19.6 Å². The number of nitrogens with one attached hydrogen (secondary N) is 1. The van der Waals surface area contributed by atoms with Crippen LogP contribution in [0.1, 0.15) is 27.6 Å². The number of nitro groups is 1. The lowest BCUT2D eigenvalue weighted by Crippen LogP contribution is -2.12. The van der Waals surface area contributed by atoms with E-state index in [9.17, 15) is 19.7 Å². The highest BCUT2D eigenvalue weighted by Crippen LogP contribution is 2.35. The number of non-ortho nitro benzene ring substituents is 1. The summed E-state index contributed by atoms with van der Waals surface area (Å²) >= 11 is 7.24. The average molecular weight is 433 g/mol. The summed E-state index contributed by atoms with van der Waals surface area (Å²) in [5, 5.41) is 21.3. The van der Waals surface area contributed by atoms with Crippen molar-refractivity contribution in [3.8, 4) is 10.4 Å². The Balaban J connectivity index is 0.000000941. The highest BCUT2D eigenvalue weighted by molar-refractivity contribution is 7.20. The number of benzene rings is 2. The number of halogens is 1. The van der Waals surface area contributed by atoms with Gasteiger partial charge in [0, 0.05) is 29.2 Å². The van der Waals surface area contributed by atoms with Crippen molar-refractivity contribution >= 4 is 45.8 Å². The fraction of sp³-hybridized carbons (Fsp3) is 0.100. The first kappa shape index (κ1) is 22.2. The first-order valence-electron chi connectivity index (χ1n) is 8.41. The highest BCUT2D eigenvalue weighted by atomic mass is 35.5. The number of carbonyl (C=O) groups excluding carboxylic acids is 2. The van der Waals surface area contributed by atoms with E-state index >= 15 is 0 Å². The molecule has 0 aliphatic heterocycles. The van der Waals surface area contributed by atoms with Gasteiger partial charge < -0.3 is 10.4 Å². The van der Waals surface area contributed by atoms with Gasteiger partial charge in [-0.25, -0.2) is 0 Å². The van der Waals surface area contributed by atoms with Crippen molar-refractivity contribution in [3.63, 3.8) is 0 Å². The minimum atomic E-state index is -0.594. The van der Waals surface area contributed by atoms with Crippen molar-refractivity contribution in [2.24, 2.45) is 0 Å². The molecule has 0 atom stereocenters. The molecule has 2 N–H and O–H groups in total. The van der Waals surface area contributed by atoms with Gasteiger partial charge in [-0.05, 0) is 24.6 Å². The van der Waals surface area contributed by atoms with E-state index in [1.54, 1.807) is 13.0 Å². The van der Waals surface area contributed by atoms with E-state index < -0.39 is 10.8 Å². The number of nitrogens with zero attached hydrogens (tertiary/aromatic N) is 1. The van der Waals surface area contributed by atoms with Crippen molar-refractivity contribution in [2.75, 3.05) is 11.9 Å². The van der Waals surface area contributed by atoms with Gasteiger partial charge in [0.05, 0.1) is 15.5 Å². The number of rotatable bonds is 5. The third-order valence-corrected chi connectivity index (χ3v) is 5.01. The maximum Gasteiger partial charge on any atom is 0.270 e. The van der Waals surface area contributed by atoms with Crippen LogP contribution in [0.5, 0.6) is 0 Å². The molecule has 0 saturated carbocycles. The Morgan fingerprint density at radius 2 is 1.90 bits per heavy atom. The van der Waals surface area contributed by atoms with E-state index in [2.05, 4.69) is 5.32 Å². The predicted molar refractivity (Wildman–Crippen MR) is 114 cm³/mol. The highest BCUT2D eigenvalue weighted by Gasteiger charge is 2.18. The fourth-order valence-electron chi connectivity index (χ4n) is 2.31. The van der Waals surface area contributed by atoms with Crippen LogP contribution in [0.4, 0.5) is 10.7 Å². The monoisotopic (exact) mass is 432 g/mol. The molecule has 1 heterocycles. The molecule has 0 fully saturated rings. The lowest BCUT2D eigenvalue weighted by atomic mass is 10.1. The van der Waals surface area contributed by atoms with Crippen LogP contribution in [0.25, 0.3) is 10.4 Å². The molecule has 3 rings (SSSR count). The molecule has 1 amide bonds. The van der Waals surface area contributed by atoms with Crippen molar-refractivity contribution in [2.45, 2.75) is 6.92 Å². The predicted octanol–water partition coefficient (Wildman–Crippen LogP) is 5.04. The van der Waals surface area contributed by atoms with Crippen molar-refractivity contribution in [3.05, 3.63) is 80.9 Å². The van der Waals surface area contributed by atoms with Gasteiger partial charge in [-0.15, -0.1) is 11.3 Å². The van der Waals surface area contributed by atoms with Gasteiger partial charge >= 0.3 is 0 Å². The Hall–Kier alpha value is -3.07. The summed E-state index contributed by atoms with van der Waals surface area (Å²) in [6.45, 7) is 1.93. The number of hydrogen-bond acceptors (Lipinski definition) is 6. The van der Waals surface area contributed by atoms with Crippen molar-refractivity contribution in [1.82, 2.24) is 0 Å². The molecule has 29 heavy (non-hydrogen) atoms. The lowest BCUT2D eigenvalue weighted by molar-refractivity contribution is -0.384. The van der Waals surface area contributed by atoms with Crippen LogP contribution in [-0.2, 0) is 0 Å². The zero-order chi connectivity index (χ0) is 21.4. The Bertz CT molecular complexity index is 1020. The smallest absolute Gasteiger partial charge is 0.270 e. The van der Waals surface area contributed by atoms with E-state index in [1.165, 1.54) is 23.5 Å². The van der Waals surface area contributed by atoms with E-state index in [1.807, 2.05) is 30.3 Å². The number of thiophene rings is 1. The number of nitro benzene ring substituents is 1. The van der Waals surface area contributed by atoms with Crippen LogP contribution < -0.4 is 5.32 Å². The number of aliphatic hydroxyl groups excluding tert-OH is 1. The fourth-order valence-corrected chi connectivity index (χ4v) is 3.60. The SMILES string of the molecule is CCO.O=Cc1cc(-c2ccccc2)sc1NC(=O)c1ccc([N+](=O)[O-])cc1Cl. The minimum Gasteiger partial charge on any atom is -0.397 e. The number of anilines is 1. The molecule has 9 heteroatoms. The zero-order valence-electron chi connectivity index (χ0n) is 15.3. The summed E-state index contributed by atoms with van der Waals surface area (Å²) in [5.41, 5.74) is 1.15. The molecule has 0 bridgehead atoms. The molecule has 0 unspecified atom stereocenters. The maximum atomic E-state index is 12.5. The number of carbonyl (C=O) groups is 2. The molecule has 0 radical (unpaired) electrons. The van der Waals surface area contributed by atoms with Crippen LogP contribution in [0.2, 0.25) is 5.02 Å². The maximum absolute atomic E-state index is 12.5. The Morgan fingerprint density at radius 3 is 2.45 bits per heavy atom. The van der Waals surface area contributed by atoms with E-state index in [4.69, 9.17) is 16.7 Å². The number of amides is 1. The molecular weight excluding hydrogens is 416 g/mol. The van der Waals surface area contributed by atoms with E-state index in [-0.39, 0.29) is 22.9 Å². The van der Waals surface area contributed by atoms with Crippen LogP contribution in [0.3, 0.4) is 0 Å². The summed E-state index contributed by atoms with van der Waals surface area (Å²) in [5.74, 6) is -0.547. The lowest BCUT2D eigenvalue weighted by Gasteiger charge is -2.05. The summed E-state index contributed by atoms with van der Waals surface area (Å²) in [7, 11) is 0. The third kappa shape index (κ3) is 5.71. The van der Waals surface area contributed by atoms with Gasteiger partial charge in [-0.3, -0.25) is 19.7 Å². The van der Waals surface area contributed by atoms with Crippen LogP contribution >= 0.6 is 22.9 Å². The third-order valence-electron chi connectivity index (χ3n) is 3.58. The van der Waals surface area contributed by atoms with Gasteiger partial charge in [-0.1, -0.05) is 41.9 Å². The molecule has 2 aromatic carbocycles. The second-order valence-electron chi connectivity index (χ2n) is 5.57. The van der Waals surface area contributed by atoms with Gasteiger partial charge in [0.2, 0.25) is 0 Å². The van der Waals surface area contributed by atoms with Crippen molar-refractivity contribution in [1.29, 1.82) is 0 Å². The summed E-state index contributed by atoms with van der Waals surface area (Å²) in [6.07, 6.45) is 0.663. The number of hydrogen-bond donors (Lipinski definition) is 2. The zero-order valence-corrected chi connectivity index (χ0v) is 16.9. The van der Waals surface area contributed by atoms with Crippen LogP contribution in [0, 0.1) is 10.1 Å². The quantitative estimate of drug-likeness (QED) is 0.333. The normalized spacial score (nSPS) is 9.90. The van der Waals surface area contributed by atoms with Gasteiger partial charge in [-0.2, -0.15) is 0 Å².